The van der Waals surface area contributed by atoms with E-state index < -0.39 is 5.97 Å². The van der Waals surface area contributed by atoms with Crippen LogP contribution in [0.2, 0.25) is 0 Å². The van der Waals surface area contributed by atoms with Gasteiger partial charge >= 0.3 is 5.97 Å². The van der Waals surface area contributed by atoms with Gasteiger partial charge in [-0.05, 0) is 65.6 Å². The summed E-state index contributed by atoms with van der Waals surface area (Å²) in [6.45, 7) is 7.72. The van der Waals surface area contributed by atoms with E-state index in [2.05, 4.69) is 75.0 Å². The summed E-state index contributed by atoms with van der Waals surface area (Å²) in [5.74, 6) is -0.596. The van der Waals surface area contributed by atoms with Gasteiger partial charge in [-0.3, -0.25) is 0 Å². The van der Waals surface area contributed by atoms with Crippen LogP contribution in [0.15, 0.2) is 73.3 Å². The summed E-state index contributed by atoms with van der Waals surface area (Å²) in [6, 6.07) is 21.1. The van der Waals surface area contributed by atoms with E-state index in [9.17, 15) is 15.0 Å². The molecule has 0 aliphatic rings. The molecule has 0 heterocycles. The van der Waals surface area contributed by atoms with Gasteiger partial charge in [0.15, 0.2) is 0 Å². The van der Waals surface area contributed by atoms with Crippen molar-refractivity contribution < 1.29 is 19.7 Å². The fraction of sp³-hybridized carbons (Fsp3) is 0.276. The third-order valence-electron chi connectivity index (χ3n) is 5.97. The van der Waals surface area contributed by atoms with Crippen LogP contribution in [0.25, 0.3) is 22.3 Å². The summed E-state index contributed by atoms with van der Waals surface area (Å²) in [6.07, 6.45) is 2.57. The Morgan fingerprint density at radius 2 is 1.61 bits per heavy atom. The summed E-state index contributed by atoms with van der Waals surface area (Å²) < 4.78 is 5.37. The monoisotopic (exact) mass is 444 g/mol. The molecule has 33 heavy (non-hydrogen) atoms. The van der Waals surface area contributed by atoms with E-state index in [0.717, 1.165) is 45.9 Å². The first-order chi connectivity index (χ1) is 15.9. The topological polar surface area (TPSA) is 66.8 Å². The molecule has 0 spiro atoms. The summed E-state index contributed by atoms with van der Waals surface area (Å²) in [5, 5.41) is 18.7. The second kappa shape index (κ2) is 11.6. The molecular formula is C29H32O4. The summed E-state index contributed by atoms with van der Waals surface area (Å²) in [4.78, 5) is 11.7. The highest BCUT2D eigenvalue weighted by atomic mass is 16.5. The SMILES string of the molecule is C=CC(=O)OCc1cc(CCC(CO)CO)ccc1-c1ccc(-c2ccc(C)cc2)cc1C. The van der Waals surface area contributed by atoms with E-state index >= 15 is 0 Å². The molecular weight excluding hydrogens is 412 g/mol. The van der Waals surface area contributed by atoms with E-state index in [4.69, 9.17) is 4.74 Å². The van der Waals surface area contributed by atoms with Crippen LogP contribution in [-0.4, -0.2) is 29.4 Å². The molecule has 0 amide bonds. The van der Waals surface area contributed by atoms with Crippen molar-refractivity contribution in [2.75, 3.05) is 13.2 Å². The van der Waals surface area contributed by atoms with Crippen molar-refractivity contribution in [1.82, 2.24) is 0 Å². The fourth-order valence-corrected chi connectivity index (χ4v) is 3.90. The van der Waals surface area contributed by atoms with Crippen LogP contribution in [0, 0.1) is 19.8 Å². The van der Waals surface area contributed by atoms with E-state index in [1.54, 1.807) is 0 Å². The minimum Gasteiger partial charge on any atom is -0.458 e. The lowest BCUT2D eigenvalue weighted by atomic mass is 9.91. The molecule has 0 bridgehead atoms. The number of carbonyl (C=O) groups is 1. The van der Waals surface area contributed by atoms with Gasteiger partial charge in [-0.15, -0.1) is 0 Å². The largest absolute Gasteiger partial charge is 0.458 e. The Bertz CT molecular complexity index is 1100. The highest BCUT2D eigenvalue weighted by Gasteiger charge is 2.13. The number of hydrogen-bond donors (Lipinski definition) is 2. The lowest BCUT2D eigenvalue weighted by molar-refractivity contribution is -0.138. The molecule has 0 atom stereocenters. The van der Waals surface area contributed by atoms with Gasteiger partial charge in [0.2, 0.25) is 0 Å². The van der Waals surface area contributed by atoms with Gasteiger partial charge in [0, 0.05) is 25.2 Å². The quantitative estimate of drug-likeness (QED) is 0.325. The number of aliphatic hydroxyl groups excluding tert-OH is 2. The first-order valence-corrected chi connectivity index (χ1v) is 11.3. The van der Waals surface area contributed by atoms with Gasteiger partial charge in [0.05, 0.1) is 0 Å². The normalized spacial score (nSPS) is 10.9. The number of esters is 1. The van der Waals surface area contributed by atoms with Crippen LogP contribution in [0.1, 0.15) is 28.7 Å². The maximum absolute atomic E-state index is 11.7. The summed E-state index contributed by atoms with van der Waals surface area (Å²) in [7, 11) is 0. The maximum atomic E-state index is 11.7. The maximum Gasteiger partial charge on any atom is 0.330 e. The zero-order valence-electron chi connectivity index (χ0n) is 19.4. The molecule has 4 heteroatoms. The van der Waals surface area contributed by atoms with Gasteiger partial charge in [-0.1, -0.05) is 72.8 Å². The molecule has 0 fully saturated rings. The second-order valence-corrected chi connectivity index (χ2v) is 8.47. The van der Waals surface area contributed by atoms with Crippen LogP contribution in [0.5, 0.6) is 0 Å². The smallest absolute Gasteiger partial charge is 0.330 e. The predicted octanol–water partition coefficient (Wildman–Crippen LogP) is 5.40. The lowest BCUT2D eigenvalue weighted by Gasteiger charge is -2.16. The van der Waals surface area contributed by atoms with Crippen molar-refractivity contribution >= 4 is 5.97 Å². The number of benzene rings is 3. The molecule has 0 radical (unpaired) electrons. The zero-order valence-corrected chi connectivity index (χ0v) is 19.4. The first kappa shape index (κ1) is 24.4. The molecule has 4 nitrogen and oxygen atoms in total. The Kier molecular flexibility index (Phi) is 8.58. The van der Waals surface area contributed by atoms with Gasteiger partial charge in [-0.2, -0.15) is 0 Å². The minimum atomic E-state index is -0.460. The van der Waals surface area contributed by atoms with Crippen LogP contribution in [-0.2, 0) is 22.6 Å². The van der Waals surface area contributed by atoms with E-state index in [1.165, 1.54) is 11.1 Å². The first-order valence-electron chi connectivity index (χ1n) is 11.3. The molecule has 0 aromatic heterocycles. The number of ether oxygens (including phenoxy) is 1. The van der Waals surface area contributed by atoms with Crippen LogP contribution < -0.4 is 0 Å². The van der Waals surface area contributed by atoms with Crippen molar-refractivity contribution in [3.63, 3.8) is 0 Å². The van der Waals surface area contributed by atoms with Crippen molar-refractivity contribution in [2.45, 2.75) is 33.3 Å². The number of aryl methyl sites for hydroxylation is 3. The highest BCUT2D eigenvalue weighted by molar-refractivity contribution is 5.81. The Morgan fingerprint density at radius 3 is 2.24 bits per heavy atom. The van der Waals surface area contributed by atoms with Crippen molar-refractivity contribution in [1.29, 1.82) is 0 Å². The van der Waals surface area contributed by atoms with Crippen molar-refractivity contribution in [2.24, 2.45) is 5.92 Å². The van der Waals surface area contributed by atoms with Crippen molar-refractivity contribution in [3.8, 4) is 22.3 Å². The van der Waals surface area contributed by atoms with Crippen LogP contribution >= 0.6 is 0 Å². The minimum absolute atomic E-state index is 0.0368. The lowest BCUT2D eigenvalue weighted by Crippen LogP contribution is -2.12. The van der Waals surface area contributed by atoms with E-state index in [-0.39, 0.29) is 25.7 Å². The van der Waals surface area contributed by atoms with Gasteiger partial charge in [0.25, 0.3) is 0 Å². The van der Waals surface area contributed by atoms with Gasteiger partial charge in [-0.25, -0.2) is 4.79 Å². The summed E-state index contributed by atoms with van der Waals surface area (Å²) in [5.41, 5.74) is 8.80. The van der Waals surface area contributed by atoms with Gasteiger partial charge < -0.3 is 14.9 Å². The molecule has 2 N–H and O–H groups in total. The second-order valence-electron chi connectivity index (χ2n) is 8.47. The highest BCUT2D eigenvalue weighted by Crippen LogP contribution is 2.32. The average Bonchev–Trinajstić information content (AvgIpc) is 2.84. The Labute approximate surface area is 196 Å². The van der Waals surface area contributed by atoms with Crippen LogP contribution in [0.3, 0.4) is 0 Å². The third kappa shape index (κ3) is 6.41. The third-order valence-corrected chi connectivity index (χ3v) is 5.97. The number of hydrogen-bond acceptors (Lipinski definition) is 4. The Balaban J connectivity index is 1.93. The number of rotatable bonds is 10. The molecule has 172 valence electrons. The molecule has 0 unspecified atom stereocenters. The molecule has 3 rings (SSSR count). The van der Waals surface area contributed by atoms with Gasteiger partial charge in [0.1, 0.15) is 6.61 Å². The molecule has 0 saturated heterocycles. The Morgan fingerprint density at radius 1 is 0.939 bits per heavy atom. The van der Waals surface area contributed by atoms with Crippen molar-refractivity contribution in [3.05, 3.63) is 95.6 Å². The molecule has 0 aliphatic carbocycles. The summed E-state index contributed by atoms with van der Waals surface area (Å²) >= 11 is 0. The number of carbonyl (C=O) groups excluding carboxylic acids is 1. The van der Waals surface area contributed by atoms with E-state index in [1.807, 2.05) is 6.07 Å². The van der Waals surface area contributed by atoms with Crippen LogP contribution in [0.4, 0.5) is 0 Å². The average molecular weight is 445 g/mol. The Hall–Kier alpha value is -3.21. The molecule has 0 saturated carbocycles. The molecule has 3 aromatic rings. The van der Waals surface area contributed by atoms with E-state index in [0.29, 0.717) is 6.42 Å². The molecule has 3 aromatic carbocycles. The standard InChI is InChI=1S/C29H32O4/c1-4-29(32)33-19-26-16-22(7-8-23(17-30)18-31)9-13-28(26)27-14-12-25(15-21(27)3)24-10-5-20(2)6-11-24/h4-6,9-16,23,30-31H,1,7-8,17-19H2,2-3H3. The number of aliphatic hydroxyl groups is 2. The molecule has 0 aliphatic heterocycles. The zero-order chi connectivity index (χ0) is 23.8. The predicted molar refractivity (Wildman–Crippen MR) is 133 cm³/mol. The fourth-order valence-electron chi connectivity index (χ4n) is 3.90.